The van der Waals surface area contributed by atoms with Gasteiger partial charge in [-0.15, -0.1) is 0 Å². The first-order chi connectivity index (χ1) is 7.79. The summed E-state index contributed by atoms with van der Waals surface area (Å²) in [5, 5.41) is 0.829. The zero-order chi connectivity index (χ0) is 11.4. The summed E-state index contributed by atoms with van der Waals surface area (Å²) in [7, 11) is 0. The standard InChI is InChI=1S/C13H17BrO2/c1-10-4-5-13(11(7-10)8-14)16-9-12-3-2-6-15-12/h4-5,7,12H,2-3,6,8-9H2,1H3. The predicted molar refractivity (Wildman–Crippen MR) is 68.3 cm³/mol. The van der Waals surface area contributed by atoms with Crippen molar-refractivity contribution in [3.63, 3.8) is 0 Å². The largest absolute Gasteiger partial charge is 0.491 e. The summed E-state index contributed by atoms with van der Waals surface area (Å²) < 4.78 is 11.3. The third-order valence-electron chi connectivity index (χ3n) is 2.81. The number of rotatable bonds is 4. The van der Waals surface area contributed by atoms with E-state index >= 15 is 0 Å². The van der Waals surface area contributed by atoms with Crippen molar-refractivity contribution in [1.29, 1.82) is 0 Å². The molecule has 1 atom stereocenters. The Morgan fingerprint density at radius 3 is 3.06 bits per heavy atom. The molecule has 0 radical (unpaired) electrons. The van der Waals surface area contributed by atoms with Crippen LogP contribution >= 0.6 is 15.9 Å². The lowest BCUT2D eigenvalue weighted by atomic mass is 10.1. The molecule has 0 saturated carbocycles. The Morgan fingerprint density at radius 1 is 1.50 bits per heavy atom. The van der Waals surface area contributed by atoms with E-state index in [1.54, 1.807) is 0 Å². The van der Waals surface area contributed by atoms with Crippen LogP contribution in [-0.4, -0.2) is 19.3 Å². The van der Waals surface area contributed by atoms with Crippen molar-refractivity contribution in [2.45, 2.75) is 31.2 Å². The van der Waals surface area contributed by atoms with E-state index in [-0.39, 0.29) is 6.10 Å². The maximum absolute atomic E-state index is 5.81. The van der Waals surface area contributed by atoms with E-state index in [4.69, 9.17) is 9.47 Å². The Bertz CT molecular complexity index is 346. The Labute approximate surface area is 105 Å². The van der Waals surface area contributed by atoms with Gasteiger partial charge >= 0.3 is 0 Å². The lowest BCUT2D eigenvalue weighted by Gasteiger charge is -2.14. The van der Waals surface area contributed by atoms with Crippen molar-refractivity contribution in [1.82, 2.24) is 0 Å². The highest BCUT2D eigenvalue weighted by Crippen LogP contribution is 2.23. The van der Waals surface area contributed by atoms with E-state index in [1.807, 2.05) is 6.07 Å². The summed E-state index contributed by atoms with van der Waals surface area (Å²) in [4.78, 5) is 0. The average Bonchev–Trinajstić information content (AvgIpc) is 2.80. The minimum Gasteiger partial charge on any atom is -0.491 e. The van der Waals surface area contributed by atoms with Crippen LogP contribution in [0.4, 0.5) is 0 Å². The summed E-state index contributed by atoms with van der Waals surface area (Å²) in [6.07, 6.45) is 2.56. The molecule has 16 heavy (non-hydrogen) atoms. The molecule has 3 heteroatoms. The van der Waals surface area contributed by atoms with Crippen LogP contribution in [0.15, 0.2) is 18.2 Å². The van der Waals surface area contributed by atoms with Gasteiger partial charge in [-0.25, -0.2) is 0 Å². The molecule has 0 amide bonds. The molecule has 88 valence electrons. The van der Waals surface area contributed by atoms with Crippen LogP contribution < -0.4 is 4.74 Å². The van der Waals surface area contributed by atoms with Gasteiger partial charge in [0.25, 0.3) is 0 Å². The van der Waals surface area contributed by atoms with E-state index in [0.29, 0.717) is 6.61 Å². The normalized spacial score (nSPS) is 20.0. The van der Waals surface area contributed by atoms with Crippen LogP contribution in [0.1, 0.15) is 24.0 Å². The van der Waals surface area contributed by atoms with Crippen molar-refractivity contribution >= 4 is 15.9 Å². The van der Waals surface area contributed by atoms with E-state index < -0.39 is 0 Å². The first kappa shape index (κ1) is 11.9. The minimum absolute atomic E-state index is 0.282. The minimum atomic E-state index is 0.282. The average molecular weight is 285 g/mol. The molecule has 1 aromatic rings. The summed E-state index contributed by atoms with van der Waals surface area (Å²) in [5.74, 6) is 0.970. The molecule has 2 rings (SSSR count). The van der Waals surface area contributed by atoms with Crippen LogP contribution in [-0.2, 0) is 10.1 Å². The molecule has 2 nitrogen and oxygen atoms in total. The maximum Gasteiger partial charge on any atom is 0.123 e. The van der Waals surface area contributed by atoms with Gasteiger partial charge < -0.3 is 9.47 Å². The quantitative estimate of drug-likeness (QED) is 0.789. The van der Waals surface area contributed by atoms with Gasteiger partial charge in [-0.2, -0.15) is 0 Å². The second-order valence-corrected chi connectivity index (χ2v) is 4.75. The fourth-order valence-electron chi connectivity index (χ4n) is 1.91. The van der Waals surface area contributed by atoms with Gasteiger partial charge in [0.05, 0.1) is 6.10 Å². The van der Waals surface area contributed by atoms with E-state index in [9.17, 15) is 0 Å². The lowest BCUT2D eigenvalue weighted by molar-refractivity contribution is 0.0677. The number of alkyl halides is 1. The van der Waals surface area contributed by atoms with Crippen LogP contribution in [0.5, 0.6) is 5.75 Å². The Balaban J connectivity index is 1.97. The van der Waals surface area contributed by atoms with Crippen molar-refractivity contribution in [2.24, 2.45) is 0 Å². The molecule has 0 bridgehead atoms. The van der Waals surface area contributed by atoms with Gasteiger partial charge in [0.1, 0.15) is 12.4 Å². The molecule has 1 saturated heterocycles. The second-order valence-electron chi connectivity index (χ2n) is 4.19. The van der Waals surface area contributed by atoms with E-state index in [1.165, 1.54) is 11.1 Å². The number of hydrogen-bond donors (Lipinski definition) is 0. The summed E-state index contributed by atoms with van der Waals surface area (Å²) in [6.45, 7) is 3.65. The summed E-state index contributed by atoms with van der Waals surface area (Å²) >= 11 is 3.48. The zero-order valence-corrected chi connectivity index (χ0v) is 11.1. The Morgan fingerprint density at radius 2 is 2.38 bits per heavy atom. The molecular weight excluding hydrogens is 268 g/mol. The number of aryl methyl sites for hydroxylation is 1. The highest BCUT2D eigenvalue weighted by atomic mass is 79.9. The zero-order valence-electron chi connectivity index (χ0n) is 9.54. The Kier molecular flexibility index (Phi) is 4.24. The Hall–Kier alpha value is -0.540. The van der Waals surface area contributed by atoms with Gasteiger partial charge in [-0.05, 0) is 25.8 Å². The van der Waals surface area contributed by atoms with Crippen LogP contribution in [0.2, 0.25) is 0 Å². The molecule has 0 N–H and O–H groups in total. The first-order valence-corrected chi connectivity index (χ1v) is 6.81. The molecule has 1 unspecified atom stereocenters. The van der Waals surface area contributed by atoms with Gasteiger partial charge in [-0.3, -0.25) is 0 Å². The third kappa shape index (κ3) is 2.98. The van der Waals surface area contributed by atoms with Gasteiger partial charge in [0.15, 0.2) is 0 Å². The van der Waals surface area contributed by atoms with E-state index in [0.717, 1.165) is 30.5 Å². The molecule has 1 aromatic carbocycles. The fourth-order valence-corrected chi connectivity index (χ4v) is 2.35. The first-order valence-electron chi connectivity index (χ1n) is 5.69. The molecule has 1 fully saturated rings. The molecular formula is C13H17BrO2. The number of ether oxygens (including phenoxy) is 2. The molecule has 1 aliphatic rings. The van der Waals surface area contributed by atoms with Crippen molar-refractivity contribution in [3.8, 4) is 5.75 Å². The predicted octanol–water partition coefficient (Wildman–Crippen LogP) is 3.45. The molecule has 1 heterocycles. The topological polar surface area (TPSA) is 18.5 Å². The van der Waals surface area contributed by atoms with Crippen LogP contribution in [0.3, 0.4) is 0 Å². The second kappa shape index (κ2) is 5.69. The smallest absolute Gasteiger partial charge is 0.123 e. The van der Waals surface area contributed by atoms with Crippen LogP contribution in [0, 0.1) is 6.92 Å². The monoisotopic (exact) mass is 284 g/mol. The molecule has 0 spiro atoms. The summed E-state index contributed by atoms with van der Waals surface area (Å²) in [5.41, 5.74) is 2.47. The van der Waals surface area contributed by atoms with Crippen molar-refractivity contribution < 1.29 is 9.47 Å². The van der Waals surface area contributed by atoms with Crippen LogP contribution in [0.25, 0.3) is 0 Å². The molecule has 1 aliphatic heterocycles. The fraction of sp³-hybridized carbons (Fsp3) is 0.538. The number of hydrogen-bond acceptors (Lipinski definition) is 2. The lowest BCUT2D eigenvalue weighted by Crippen LogP contribution is -2.16. The van der Waals surface area contributed by atoms with Gasteiger partial charge in [-0.1, -0.05) is 33.6 Å². The van der Waals surface area contributed by atoms with E-state index in [2.05, 4.69) is 35.0 Å². The van der Waals surface area contributed by atoms with Gasteiger partial charge in [0.2, 0.25) is 0 Å². The summed E-state index contributed by atoms with van der Waals surface area (Å²) in [6, 6.07) is 6.28. The maximum atomic E-state index is 5.81. The molecule has 0 aliphatic carbocycles. The SMILES string of the molecule is Cc1ccc(OCC2CCCO2)c(CBr)c1. The highest BCUT2D eigenvalue weighted by molar-refractivity contribution is 9.08. The third-order valence-corrected chi connectivity index (χ3v) is 3.41. The number of benzene rings is 1. The van der Waals surface area contributed by atoms with Gasteiger partial charge in [0, 0.05) is 17.5 Å². The number of halogens is 1. The van der Waals surface area contributed by atoms with Crippen molar-refractivity contribution in [3.05, 3.63) is 29.3 Å². The molecule has 0 aromatic heterocycles. The van der Waals surface area contributed by atoms with Crippen molar-refractivity contribution in [2.75, 3.05) is 13.2 Å². The highest BCUT2D eigenvalue weighted by Gasteiger charge is 2.16.